The molecule has 0 rings (SSSR count). The van der Waals surface area contributed by atoms with Gasteiger partial charge in [-0.25, -0.2) is 0 Å². The van der Waals surface area contributed by atoms with Crippen LogP contribution in [0.25, 0.3) is 0 Å². The highest BCUT2D eigenvalue weighted by atomic mass is 33.1. The van der Waals surface area contributed by atoms with Crippen LogP contribution in [0.5, 0.6) is 0 Å². The molecule has 0 spiro atoms. The van der Waals surface area contributed by atoms with E-state index < -0.39 is 0 Å². The van der Waals surface area contributed by atoms with E-state index in [9.17, 15) is 0 Å². The van der Waals surface area contributed by atoms with Crippen LogP contribution in [-0.2, 0) is 18.9 Å². The van der Waals surface area contributed by atoms with Crippen LogP contribution in [0.4, 0.5) is 0 Å². The van der Waals surface area contributed by atoms with Crippen LogP contribution in [0, 0.1) is 0 Å². The van der Waals surface area contributed by atoms with Crippen LogP contribution in [0.15, 0.2) is 0 Å². The minimum Gasteiger partial charge on any atom is -0.352 e. The lowest BCUT2D eigenvalue weighted by atomic mass is 10.7. The lowest BCUT2D eigenvalue weighted by molar-refractivity contribution is -0.120. The van der Waals surface area contributed by atoms with E-state index in [1.807, 2.05) is 27.7 Å². The molecule has 0 aliphatic carbocycles. The first kappa shape index (κ1) is 18.5. The SMILES string of the molecule is CCOC(CSSCC(OCC)OCC)OCC. The van der Waals surface area contributed by atoms with Gasteiger partial charge in [0.05, 0.1) is 11.5 Å². The van der Waals surface area contributed by atoms with Gasteiger partial charge in [-0.2, -0.15) is 0 Å². The first-order valence-electron chi connectivity index (χ1n) is 6.49. The fourth-order valence-corrected chi connectivity index (χ4v) is 3.28. The fourth-order valence-electron chi connectivity index (χ4n) is 1.24. The molecule has 0 saturated heterocycles. The molecule has 0 N–H and O–H groups in total. The Bertz CT molecular complexity index is 142. The smallest absolute Gasteiger partial charge is 0.167 e. The van der Waals surface area contributed by atoms with Crippen molar-refractivity contribution in [1.82, 2.24) is 0 Å². The Morgan fingerprint density at radius 3 is 1.11 bits per heavy atom. The van der Waals surface area contributed by atoms with Gasteiger partial charge in [-0.15, -0.1) is 0 Å². The first-order valence-corrected chi connectivity index (χ1v) is 8.97. The van der Waals surface area contributed by atoms with Crippen molar-refractivity contribution < 1.29 is 18.9 Å². The Kier molecular flexibility index (Phi) is 14.4. The minimum absolute atomic E-state index is 0.116. The van der Waals surface area contributed by atoms with Crippen LogP contribution < -0.4 is 0 Å². The van der Waals surface area contributed by atoms with Crippen molar-refractivity contribution in [3.05, 3.63) is 0 Å². The Hall–Kier alpha value is 0.540. The summed E-state index contributed by atoms with van der Waals surface area (Å²) < 4.78 is 21.9. The molecular formula is C12H26O4S2. The zero-order valence-corrected chi connectivity index (χ0v) is 13.5. The molecule has 110 valence electrons. The van der Waals surface area contributed by atoms with Crippen LogP contribution in [0.3, 0.4) is 0 Å². The minimum atomic E-state index is -0.116. The maximum Gasteiger partial charge on any atom is 0.167 e. The van der Waals surface area contributed by atoms with E-state index in [-0.39, 0.29) is 12.6 Å². The predicted octanol–water partition coefficient (Wildman–Crippen LogP) is 3.17. The molecule has 0 heterocycles. The maximum atomic E-state index is 5.47. The molecule has 0 unspecified atom stereocenters. The van der Waals surface area contributed by atoms with Crippen LogP contribution in [0.2, 0.25) is 0 Å². The van der Waals surface area contributed by atoms with Gasteiger partial charge >= 0.3 is 0 Å². The molecule has 6 heteroatoms. The number of hydrogen-bond acceptors (Lipinski definition) is 6. The van der Waals surface area contributed by atoms with Crippen molar-refractivity contribution in [3.8, 4) is 0 Å². The molecule has 4 nitrogen and oxygen atoms in total. The van der Waals surface area contributed by atoms with Crippen molar-refractivity contribution in [2.75, 3.05) is 37.9 Å². The van der Waals surface area contributed by atoms with Crippen LogP contribution in [0.1, 0.15) is 27.7 Å². The largest absolute Gasteiger partial charge is 0.352 e. The Morgan fingerprint density at radius 2 is 0.889 bits per heavy atom. The van der Waals surface area contributed by atoms with Gasteiger partial charge in [-0.05, 0) is 27.7 Å². The first-order chi connectivity index (χ1) is 8.78. The van der Waals surface area contributed by atoms with E-state index in [0.717, 1.165) is 11.5 Å². The quantitative estimate of drug-likeness (QED) is 0.295. The Labute approximate surface area is 119 Å². The van der Waals surface area contributed by atoms with Crippen molar-refractivity contribution >= 4 is 21.6 Å². The van der Waals surface area contributed by atoms with Crippen LogP contribution in [-0.4, -0.2) is 50.5 Å². The standard InChI is InChI=1S/C12H26O4S2/c1-5-13-11(14-6-2)9-17-18-10-12(15-7-3)16-8-4/h11-12H,5-10H2,1-4H3. The van der Waals surface area contributed by atoms with E-state index in [4.69, 9.17) is 18.9 Å². The summed E-state index contributed by atoms with van der Waals surface area (Å²) in [7, 11) is 3.46. The summed E-state index contributed by atoms with van der Waals surface area (Å²) in [5.41, 5.74) is 0. The summed E-state index contributed by atoms with van der Waals surface area (Å²) in [4.78, 5) is 0. The molecule has 0 amide bonds. The Morgan fingerprint density at radius 1 is 0.611 bits per heavy atom. The molecule has 0 atom stereocenters. The molecule has 0 aromatic carbocycles. The van der Waals surface area contributed by atoms with Gasteiger partial charge in [0.2, 0.25) is 0 Å². The second-order valence-corrected chi connectivity index (χ2v) is 5.80. The third-order valence-corrected chi connectivity index (χ3v) is 4.20. The number of ether oxygens (including phenoxy) is 4. The molecule has 0 bridgehead atoms. The van der Waals surface area contributed by atoms with Crippen molar-refractivity contribution in [1.29, 1.82) is 0 Å². The summed E-state index contributed by atoms with van der Waals surface area (Å²) in [6.45, 7) is 10.6. The zero-order valence-electron chi connectivity index (χ0n) is 11.8. The lowest BCUT2D eigenvalue weighted by Crippen LogP contribution is -2.21. The van der Waals surface area contributed by atoms with Gasteiger partial charge in [0, 0.05) is 26.4 Å². The van der Waals surface area contributed by atoms with E-state index in [0.29, 0.717) is 26.4 Å². The topological polar surface area (TPSA) is 36.9 Å². The highest BCUT2D eigenvalue weighted by molar-refractivity contribution is 8.76. The van der Waals surface area contributed by atoms with Crippen molar-refractivity contribution in [3.63, 3.8) is 0 Å². The van der Waals surface area contributed by atoms with Crippen molar-refractivity contribution in [2.45, 2.75) is 40.3 Å². The van der Waals surface area contributed by atoms with Gasteiger partial charge < -0.3 is 18.9 Å². The third kappa shape index (κ3) is 10.5. The molecule has 0 aromatic rings. The molecule has 0 radical (unpaired) electrons. The highest BCUT2D eigenvalue weighted by Crippen LogP contribution is 2.25. The second kappa shape index (κ2) is 14.0. The van der Waals surface area contributed by atoms with Gasteiger partial charge in [-0.1, -0.05) is 21.6 Å². The fraction of sp³-hybridized carbons (Fsp3) is 1.00. The average molecular weight is 298 g/mol. The number of rotatable bonds is 13. The molecule has 0 aliphatic rings. The average Bonchev–Trinajstić information content (AvgIpc) is 2.35. The van der Waals surface area contributed by atoms with Gasteiger partial charge in [0.25, 0.3) is 0 Å². The summed E-state index contributed by atoms with van der Waals surface area (Å²) in [6, 6.07) is 0. The van der Waals surface area contributed by atoms with E-state index >= 15 is 0 Å². The lowest BCUT2D eigenvalue weighted by Gasteiger charge is -2.18. The zero-order chi connectivity index (χ0) is 13.6. The molecular weight excluding hydrogens is 272 g/mol. The third-order valence-electron chi connectivity index (χ3n) is 1.90. The predicted molar refractivity (Wildman–Crippen MR) is 79.0 cm³/mol. The maximum absolute atomic E-state index is 5.47. The van der Waals surface area contributed by atoms with Crippen LogP contribution >= 0.6 is 21.6 Å². The van der Waals surface area contributed by atoms with Crippen molar-refractivity contribution in [2.24, 2.45) is 0 Å². The molecule has 18 heavy (non-hydrogen) atoms. The summed E-state index contributed by atoms with van der Waals surface area (Å²) in [5, 5.41) is 0. The number of hydrogen-bond donors (Lipinski definition) is 0. The van der Waals surface area contributed by atoms with E-state index in [2.05, 4.69) is 0 Å². The van der Waals surface area contributed by atoms with Gasteiger partial charge in [0.1, 0.15) is 0 Å². The second-order valence-electron chi connectivity index (χ2n) is 3.25. The van der Waals surface area contributed by atoms with E-state index in [1.54, 1.807) is 21.6 Å². The summed E-state index contributed by atoms with van der Waals surface area (Å²) >= 11 is 0. The van der Waals surface area contributed by atoms with E-state index in [1.165, 1.54) is 0 Å². The molecule has 0 aliphatic heterocycles. The van der Waals surface area contributed by atoms with Gasteiger partial charge in [-0.3, -0.25) is 0 Å². The normalized spacial score (nSPS) is 11.7. The molecule has 0 fully saturated rings. The summed E-state index contributed by atoms with van der Waals surface area (Å²) in [5.74, 6) is 1.63. The molecule has 0 aromatic heterocycles. The Balaban J connectivity index is 3.66. The van der Waals surface area contributed by atoms with Gasteiger partial charge in [0.15, 0.2) is 12.6 Å². The highest BCUT2D eigenvalue weighted by Gasteiger charge is 2.11. The molecule has 0 saturated carbocycles. The monoisotopic (exact) mass is 298 g/mol. The summed E-state index contributed by atoms with van der Waals surface area (Å²) in [6.07, 6.45) is -0.231.